The zero-order chi connectivity index (χ0) is 7.90. The van der Waals surface area contributed by atoms with Crippen LogP contribution in [0.4, 0.5) is 0 Å². The largest absolute Gasteiger partial charge is 0.426 e. The fourth-order valence-electron chi connectivity index (χ4n) is 1.94. The minimum Gasteiger partial charge on any atom is -0.187 e. The molecular weight excluding hydrogens is 163 g/mol. The maximum absolute atomic E-state index is 9.27. The van der Waals surface area contributed by atoms with Crippen molar-refractivity contribution in [3.05, 3.63) is 0 Å². The van der Waals surface area contributed by atoms with Gasteiger partial charge in [-0.2, -0.15) is 9.79 Å². The summed E-state index contributed by atoms with van der Waals surface area (Å²) in [5, 5.41) is 5.69. The van der Waals surface area contributed by atoms with E-state index < -0.39 is 8.02 Å². The van der Waals surface area contributed by atoms with Gasteiger partial charge in [0.15, 0.2) is 0 Å². The van der Waals surface area contributed by atoms with Crippen molar-refractivity contribution in [2.75, 3.05) is 0 Å². The molecule has 2 aliphatic rings. The van der Waals surface area contributed by atoms with Crippen LogP contribution in [0.1, 0.15) is 25.7 Å². The van der Waals surface area contributed by atoms with Crippen LogP contribution in [-0.4, -0.2) is 21.9 Å². The highest BCUT2D eigenvalue weighted by atomic mass is 31.2. The Kier molecular flexibility index (Phi) is 1.90. The maximum Gasteiger partial charge on any atom is 0.426 e. The van der Waals surface area contributed by atoms with Crippen LogP contribution in [0.15, 0.2) is 0 Å². The molecule has 1 heterocycles. The van der Waals surface area contributed by atoms with Crippen LogP contribution in [-0.2, 0) is 0 Å². The summed E-state index contributed by atoms with van der Waals surface area (Å²) in [6.45, 7) is 0. The molecule has 1 aliphatic carbocycles. The average molecular weight is 177 g/mol. The quantitative estimate of drug-likeness (QED) is 0.398. The van der Waals surface area contributed by atoms with Gasteiger partial charge in [-0.15, -0.1) is 10.2 Å². The van der Waals surface area contributed by atoms with Crippen molar-refractivity contribution in [1.82, 2.24) is 10.2 Å². The molecule has 0 amide bonds. The summed E-state index contributed by atoms with van der Waals surface area (Å²) < 4.78 is 0. The molecule has 1 saturated carbocycles. The minimum absolute atomic E-state index is 0.298. The molecule has 0 aromatic heterocycles. The first-order valence-electron chi connectivity index (χ1n) is 4.07. The summed E-state index contributed by atoms with van der Waals surface area (Å²) in [5.74, 6) is 0. The summed E-state index contributed by atoms with van der Waals surface area (Å²) in [7, 11) is -2.90. The normalized spacial score (nSPS) is 42.0. The molecule has 4 nitrogen and oxygen atoms in total. The van der Waals surface area contributed by atoms with Gasteiger partial charge in [0.05, 0.1) is 12.1 Å². The zero-order valence-electron chi connectivity index (χ0n) is 6.32. The highest BCUT2D eigenvalue weighted by molar-refractivity contribution is 7.60. The number of rotatable bonds is 0. The Morgan fingerprint density at radius 3 is 1.91 bits per heavy atom. The molecule has 1 aliphatic heterocycles. The van der Waals surface area contributed by atoms with Crippen molar-refractivity contribution in [1.29, 1.82) is 0 Å². The highest BCUT2D eigenvalue weighted by Crippen LogP contribution is 2.48. The monoisotopic (exact) mass is 177 g/mol. The van der Waals surface area contributed by atoms with Gasteiger partial charge in [0.25, 0.3) is 0 Å². The van der Waals surface area contributed by atoms with Crippen LogP contribution in [0.5, 0.6) is 0 Å². The fraction of sp³-hybridized carbons (Fsp3) is 1.00. The molecule has 2 rings (SSSR count). The molecule has 5 heteroatoms. The van der Waals surface area contributed by atoms with Crippen LogP contribution < -0.4 is 10.2 Å². The van der Waals surface area contributed by atoms with E-state index in [-0.39, 0.29) is 0 Å². The van der Waals surface area contributed by atoms with E-state index in [9.17, 15) is 9.79 Å². The Morgan fingerprint density at radius 1 is 1.00 bits per heavy atom. The lowest BCUT2D eigenvalue weighted by Gasteiger charge is -2.19. The Labute approximate surface area is 66.6 Å². The third-order valence-electron chi connectivity index (χ3n) is 2.46. The molecule has 2 atom stereocenters. The van der Waals surface area contributed by atoms with E-state index in [4.69, 9.17) is 0 Å². The fourth-order valence-corrected chi connectivity index (χ4v) is 3.56. The second-order valence-corrected chi connectivity index (χ2v) is 5.08. The van der Waals surface area contributed by atoms with Crippen molar-refractivity contribution < 1.29 is 9.79 Å². The molecule has 11 heavy (non-hydrogen) atoms. The summed E-state index contributed by atoms with van der Waals surface area (Å²) in [5.41, 5.74) is 0. The van der Waals surface area contributed by atoms with Crippen molar-refractivity contribution in [3.8, 4) is 0 Å². The molecule has 64 valence electrons. The molecule has 2 unspecified atom stereocenters. The van der Waals surface area contributed by atoms with Gasteiger partial charge in [-0.1, -0.05) is 12.8 Å². The van der Waals surface area contributed by atoms with Crippen LogP contribution in [0, 0.1) is 0 Å². The summed E-state index contributed by atoms with van der Waals surface area (Å²) in [4.78, 5) is 18.5. The molecule has 0 bridgehead atoms. The molecule has 0 aromatic rings. The van der Waals surface area contributed by atoms with Crippen LogP contribution >= 0.6 is 8.02 Å². The Bertz CT molecular complexity index is 149. The summed E-state index contributed by atoms with van der Waals surface area (Å²) in [6.07, 6.45) is 4.55. The van der Waals surface area contributed by atoms with Crippen LogP contribution in [0.2, 0.25) is 0 Å². The standard InChI is InChI=1S/C6H14N2O2P/c9-11(10)7-5-3-1-2-4-6(5)8-11/h5-10H,1-4H2/q+1. The second-order valence-electron chi connectivity index (χ2n) is 3.36. The average Bonchev–Trinajstić information content (AvgIpc) is 2.21. The molecule has 2 fully saturated rings. The van der Waals surface area contributed by atoms with E-state index >= 15 is 0 Å². The lowest BCUT2D eigenvalue weighted by molar-refractivity contribution is 0.374. The number of fused-ring (bicyclic) bond motifs is 1. The predicted molar refractivity (Wildman–Crippen MR) is 43.7 cm³/mol. The maximum atomic E-state index is 9.27. The minimum atomic E-state index is -2.90. The Hall–Kier alpha value is 0.270. The lowest BCUT2D eigenvalue weighted by Crippen LogP contribution is -2.36. The Balaban J connectivity index is 2.03. The van der Waals surface area contributed by atoms with Gasteiger partial charge in [0, 0.05) is 0 Å². The number of hydrogen-bond acceptors (Lipinski definition) is 4. The predicted octanol–water partition coefficient (Wildman–Crippen LogP) is 0.153. The van der Waals surface area contributed by atoms with Gasteiger partial charge in [-0.05, 0) is 12.8 Å². The molecule has 4 N–H and O–H groups in total. The highest BCUT2D eigenvalue weighted by Gasteiger charge is 2.50. The van der Waals surface area contributed by atoms with E-state index in [0.717, 1.165) is 12.8 Å². The van der Waals surface area contributed by atoms with Crippen molar-refractivity contribution in [2.45, 2.75) is 37.8 Å². The van der Waals surface area contributed by atoms with E-state index in [2.05, 4.69) is 10.2 Å². The molecule has 1 saturated heterocycles. The van der Waals surface area contributed by atoms with E-state index in [1.165, 1.54) is 12.8 Å². The van der Waals surface area contributed by atoms with Gasteiger partial charge in [-0.25, -0.2) is 0 Å². The third kappa shape index (κ3) is 1.55. The smallest absolute Gasteiger partial charge is 0.187 e. The number of nitrogens with one attached hydrogen (secondary N) is 2. The van der Waals surface area contributed by atoms with Gasteiger partial charge in [-0.3, -0.25) is 0 Å². The summed E-state index contributed by atoms with van der Waals surface area (Å²) >= 11 is 0. The Morgan fingerprint density at radius 2 is 1.45 bits per heavy atom. The van der Waals surface area contributed by atoms with Gasteiger partial charge in [0.1, 0.15) is 0 Å². The van der Waals surface area contributed by atoms with E-state index in [1.54, 1.807) is 0 Å². The first-order chi connectivity index (χ1) is 5.17. The van der Waals surface area contributed by atoms with Gasteiger partial charge < -0.3 is 0 Å². The first kappa shape index (κ1) is 7.90. The van der Waals surface area contributed by atoms with Crippen molar-refractivity contribution in [2.24, 2.45) is 0 Å². The number of hydrogen-bond donors (Lipinski definition) is 4. The van der Waals surface area contributed by atoms with Crippen molar-refractivity contribution in [3.63, 3.8) is 0 Å². The van der Waals surface area contributed by atoms with E-state index in [1.807, 2.05) is 0 Å². The van der Waals surface area contributed by atoms with Gasteiger partial charge in [0.2, 0.25) is 0 Å². The summed E-state index contributed by atoms with van der Waals surface area (Å²) in [6, 6.07) is 0.596. The molecule has 0 aromatic carbocycles. The van der Waals surface area contributed by atoms with Gasteiger partial charge >= 0.3 is 8.02 Å². The molecule has 0 spiro atoms. The molecule has 0 radical (unpaired) electrons. The lowest BCUT2D eigenvalue weighted by atomic mass is 9.92. The van der Waals surface area contributed by atoms with E-state index in [0.29, 0.717) is 12.1 Å². The topological polar surface area (TPSA) is 64.5 Å². The third-order valence-corrected chi connectivity index (χ3v) is 3.84. The SMILES string of the molecule is O[P+]1(O)NC2CCCCC2N1. The van der Waals surface area contributed by atoms with Crippen LogP contribution in [0.25, 0.3) is 0 Å². The second kappa shape index (κ2) is 2.64. The first-order valence-corrected chi connectivity index (χ1v) is 5.77. The zero-order valence-corrected chi connectivity index (χ0v) is 7.22. The van der Waals surface area contributed by atoms with Crippen LogP contribution in [0.3, 0.4) is 0 Å². The molecular formula is C6H14N2O2P+. The van der Waals surface area contributed by atoms with Crippen molar-refractivity contribution >= 4 is 8.02 Å².